The lowest BCUT2D eigenvalue weighted by Crippen LogP contribution is -2.60. The second kappa shape index (κ2) is 23.9. The molecular weight excluding hydrogens is 1040 g/mol. The van der Waals surface area contributed by atoms with E-state index in [1.165, 1.54) is 86.8 Å². The standard InChI is InChI=1S/C64H98N8O10/c1-2-69(57(78)25-53(74)65-61-29-41-13-42(30-61)15-43(14-41)31-61)3-4-71(59(80)27-55(76)67-63-35-47-19-48(36-63)21-49(20-47)37-63)8-11-82-12-9-72(60(81)28-56(77)68-64-38-50-22-51(39-64)24-52(23-50)40-64)6-5-70(7-10-73)58(79)26-54(75)66-62-32-44-16-45(33-62)18-46(17-44)34-62/h41-52,73H,2-40H2,1H3,(H,65,74)(H,66,75)(H,67,76)(H,68,77). The Hall–Kier alpha value is -4.32. The predicted molar refractivity (Wildman–Crippen MR) is 305 cm³/mol. The number of hydrogen-bond donors (Lipinski definition) is 5. The highest BCUT2D eigenvalue weighted by Gasteiger charge is 2.55. The number of rotatable bonds is 27. The summed E-state index contributed by atoms with van der Waals surface area (Å²) in [5, 5.41) is 23.4. The lowest BCUT2D eigenvalue weighted by molar-refractivity contribution is -0.143. The minimum atomic E-state index is -0.431. The number of nitrogens with one attached hydrogen (secondary N) is 4. The van der Waals surface area contributed by atoms with Crippen LogP contribution in [-0.4, -0.2) is 166 Å². The van der Waals surface area contributed by atoms with Crippen molar-refractivity contribution in [2.45, 2.75) is 209 Å². The number of aliphatic hydroxyl groups is 1. The molecule has 0 spiro atoms. The summed E-state index contributed by atoms with van der Waals surface area (Å²) >= 11 is 0. The molecule has 18 heteroatoms. The van der Waals surface area contributed by atoms with E-state index in [1.54, 1.807) is 9.80 Å². The number of carbonyl (C=O) groups excluding carboxylic acids is 8. The zero-order valence-corrected chi connectivity index (χ0v) is 49.4. The summed E-state index contributed by atoms with van der Waals surface area (Å²) in [4.78, 5) is 117. The monoisotopic (exact) mass is 1140 g/mol. The minimum absolute atomic E-state index is 0.0188. The second-order valence-corrected chi connectivity index (χ2v) is 30.1. The van der Waals surface area contributed by atoms with E-state index in [2.05, 4.69) is 21.3 Å². The van der Waals surface area contributed by atoms with Crippen LogP contribution in [0.2, 0.25) is 0 Å². The van der Waals surface area contributed by atoms with Crippen molar-refractivity contribution in [2.75, 3.05) is 72.2 Å². The van der Waals surface area contributed by atoms with Gasteiger partial charge in [-0.05, 0) is 232 Å². The largest absolute Gasteiger partial charge is 0.395 e. The molecule has 16 saturated carbocycles. The highest BCUT2D eigenvalue weighted by atomic mass is 16.5. The van der Waals surface area contributed by atoms with E-state index in [0.717, 1.165) is 77.0 Å². The van der Waals surface area contributed by atoms with E-state index in [4.69, 9.17) is 4.74 Å². The van der Waals surface area contributed by atoms with Crippen LogP contribution in [0.25, 0.3) is 0 Å². The number of amides is 8. The summed E-state index contributed by atoms with van der Waals surface area (Å²) in [7, 11) is 0. The molecule has 0 radical (unpaired) electrons. The Kier molecular flexibility index (Phi) is 16.9. The molecule has 16 aliphatic carbocycles. The molecule has 0 heterocycles. The van der Waals surface area contributed by atoms with E-state index in [-0.39, 0.29) is 149 Å². The van der Waals surface area contributed by atoms with Crippen molar-refractivity contribution in [3.8, 4) is 0 Å². The Morgan fingerprint density at radius 3 is 0.768 bits per heavy atom. The maximum absolute atomic E-state index is 14.3. The zero-order chi connectivity index (χ0) is 57.0. The SMILES string of the molecule is CCN(CCN(CCOCCN(CCN(CCO)C(=O)CC(=O)NC12CC3CC(CC(C3)C1)C2)C(=O)CC(=O)NC12CC3CC(CC(C3)C1)C2)C(=O)CC(=O)NC12CC3CC(CC(C3)C1)C2)C(=O)CC(=O)NC12CC3CC(CC(C3)C1)C2. The lowest BCUT2D eigenvalue weighted by atomic mass is 9.53. The molecule has 16 fully saturated rings. The van der Waals surface area contributed by atoms with Crippen molar-refractivity contribution in [3.05, 3.63) is 0 Å². The molecule has 0 aromatic carbocycles. The first-order chi connectivity index (χ1) is 39.4. The zero-order valence-electron chi connectivity index (χ0n) is 49.4. The number of ether oxygens (including phenoxy) is 1. The van der Waals surface area contributed by atoms with Crippen molar-refractivity contribution >= 4 is 47.3 Å². The molecule has 16 aliphatic rings. The topological polar surface area (TPSA) is 227 Å². The third kappa shape index (κ3) is 13.2. The summed E-state index contributed by atoms with van der Waals surface area (Å²) in [6.07, 6.45) is 25.0. The quantitative estimate of drug-likeness (QED) is 0.0532. The molecule has 5 N–H and O–H groups in total. The van der Waals surface area contributed by atoms with Gasteiger partial charge in [-0.1, -0.05) is 0 Å². The summed E-state index contributed by atoms with van der Waals surface area (Å²) in [6, 6.07) is 0. The summed E-state index contributed by atoms with van der Waals surface area (Å²) in [5.74, 6) is 4.83. The first-order valence-corrected chi connectivity index (χ1v) is 32.9. The van der Waals surface area contributed by atoms with E-state index in [0.29, 0.717) is 77.6 Å². The molecule has 454 valence electrons. The Balaban J connectivity index is 0.672. The summed E-state index contributed by atoms with van der Waals surface area (Å²) in [6.45, 7) is 2.51. The molecule has 0 aliphatic heterocycles. The second-order valence-electron chi connectivity index (χ2n) is 30.1. The Bertz CT molecular complexity index is 2300. The van der Waals surface area contributed by atoms with Crippen molar-refractivity contribution in [3.63, 3.8) is 0 Å². The molecule has 0 aromatic rings. The first kappa shape index (κ1) is 58.1. The van der Waals surface area contributed by atoms with Gasteiger partial charge in [0.1, 0.15) is 25.7 Å². The number of aliphatic hydroxyl groups excluding tert-OH is 1. The molecular formula is C64H98N8O10. The van der Waals surface area contributed by atoms with Gasteiger partial charge in [0.15, 0.2) is 0 Å². The number of likely N-dealkylation sites (N-methyl/N-ethyl adjacent to an activating group) is 1. The highest BCUT2D eigenvalue weighted by molar-refractivity contribution is 5.99. The fraction of sp³-hybridized carbons (Fsp3) is 0.875. The van der Waals surface area contributed by atoms with Crippen molar-refractivity contribution in [1.29, 1.82) is 0 Å². The van der Waals surface area contributed by atoms with Gasteiger partial charge >= 0.3 is 0 Å². The van der Waals surface area contributed by atoms with Gasteiger partial charge in [-0.3, -0.25) is 38.4 Å². The number of nitrogens with zero attached hydrogens (tertiary/aromatic N) is 4. The van der Waals surface area contributed by atoms with Crippen LogP contribution < -0.4 is 21.3 Å². The van der Waals surface area contributed by atoms with E-state index in [9.17, 15) is 43.5 Å². The summed E-state index contributed by atoms with van der Waals surface area (Å²) < 4.78 is 6.21. The molecule has 0 saturated heterocycles. The average Bonchev–Trinajstić information content (AvgIpc) is 2.18. The normalized spacial score (nSPS) is 37.8. The van der Waals surface area contributed by atoms with Crippen LogP contribution in [0.4, 0.5) is 0 Å². The Morgan fingerprint density at radius 2 is 0.549 bits per heavy atom. The van der Waals surface area contributed by atoms with E-state index < -0.39 is 11.8 Å². The average molecular weight is 1140 g/mol. The third-order valence-electron chi connectivity index (χ3n) is 23.5. The van der Waals surface area contributed by atoms with Crippen molar-refractivity contribution in [2.24, 2.45) is 71.0 Å². The highest BCUT2D eigenvalue weighted by Crippen LogP contribution is 2.59. The molecule has 8 amide bonds. The molecule has 0 aromatic heterocycles. The maximum atomic E-state index is 14.3. The molecule has 0 unspecified atom stereocenters. The Morgan fingerprint density at radius 1 is 0.341 bits per heavy atom. The maximum Gasteiger partial charge on any atom is 0.232 e. The van der Waals surface area contributed by atoms with Gasteiger partial charge < -0.3 is 50.7 Å². The predicted octanol–water partition coefficient (Wildman–Crippen LogP) is 5.23. The third-order valence-corrected chi connectivity index (χ3v) is 23.5. The smallest absolute Gasteiger partial charge is 0.232 e. The van der Waals surface area contributed by atoms with Gasteiger partial charge in [-0.2, -0.15) is 0 Å². The molecule has 82 heavy (non-hydrogen) atoms. The van der Waals surface area contributed by atoms with Gasteiger partial charge in [0.2, 0.25) is 47.3 Å². The van der Waals surface area contributed by atoms with E-state index in [1.807, 2.05) is 6.92 Å². The lowest BCUT2D eigenvalue weighted by Gasteiger charge is -2.57. The molecule has 0 atom stereocenters. The van der Waals surface area contributed by atoms with Crippen LogP contribution in [0.15, 0.2) is 0 Å². The first-order valence-electron chi connectivity index (χ1n) is 32.9. The van der Waals surface area contributed by atoms with Crippen LogP contribution >= 0.6 is 0 Å². The molecule has 16 bridgehead atoms. The van der Waals surface area contributed by atoms with Gasteiger partial charge in [-0.25, -0.2) is 0 Å². The number of hydrogen-bond acceptors (Lipinski definition) is 10. The fourth-order valence-corrected chi connectivity index (χ4v) is 22.0. The van der Waals surface area contributed by atoms with Crippen LogP contribution in [0.3, 0.4) is 0 Å². The Labute approximate surface area is 486 Å². The van der Waals surface area contributed by atoms with Crippen molar-refractivity contribution < 1.29 is 48.2 Å². The molecule has 16 rings (SSSR count). The van der Waals surface area contributed by atoms with Crippen LogP contribution in [0.5, 0.6) is 0 Å². The fourth-order valence-electron chi connectivity index (χ4n) is 22.0. The van der Waals surface area contributed by atoms with Crippen molar-refractivity contribution in [1.82, 2.24) is 40.9 Å². The van der Waals surface area contributed by atoms with Gasteiger partial charge in [0, 0.05) is 74.5 Å². The van der Waals surface area contributed by atoms with Gasteiger partial charge in [0.25, 0.3) is 0 Å². The van der Waals surface area contributed by atoms with Crippen LogP contribution in [-0.2, 0) is 43.1 Å². The van der Waals surface area contributed by atoms with Crippen LogP contribution in [0.1, 0.15) is 187 Å². The molecule has 18 nitrogen and oxygen atoms in total. The summed E-state index contributed by atoms with van der Waals surface area (Å²) in [5.41, 5.74) is -0.987. The van der Waals surface area contributed by atoms with Gasteiger partial charge in [-0.15, -0.1) is 0 Å². The van der Waals surface area contributed by atoms with E-state index >= 15 is 0 Å². The number of carbonyl (C=O) groups is 8. The minimum Gasteiger partial charge on any atom is -0.395 e. The van der Waals surface area contributed by atoms with Gasteiger partial charge in [0.05, 0.1) is 19.8 Å². The van der Waals surface area contributed by atoms with Crippen LogP contribution in [0, 0.1) is 71.0 Å².